The van der Waals surface area contributed by atoms with Crippen molar-refractivity contribution in [2.45, 2.75) is 19.4 Å². The van der Waals surface area contributed by atoms with Gasteiger partial charge in [0.1, 0.15) is 0 Å². The van der Waals surface area contributed by atoms with Gasteiger partial charge in [0.15, 0.2) is 0 Å². The number of thiazole rings is 1. The molecule has 1 rings (SSSR count). The molecule has 70 valence electrons. The van der Waals surface area contributed by atoms with Gasteiger partial charge in [0.25, 0.3) is 0 Å². The lowest BCUT2D eigenvalue weighted by atomic mass is 10.3. The number of unbranched alkanes of at least 4 members (excludes halogenated alkanes) is 1. The number of hydrogen-bond acceptors (Lipinski definition) is 4. The minimum atomic E-state index is -0.0196. The lowest BCUT2D eigenvalue weighted by Crippen LogP contribution is -2.15. The first kappa shape index (κ1) is 9.96. The summed E-state index contributed by atoms with van der Waals surface area (Å²) >= 11 is 1.17. The Bertz CT molecular complexity index is 336. The van der Waals surface area contributed by atoms with E-state index in [1.165, 1.54) is 11.3 Å². The highest BCUT2D eigenvalue weighted by molar-refractivity contribution is 7.07. The Morgan fingerprint density at radius 2 is 2.54 bits per heavy atom. The molecule has 0 atom stereocenters. The van der Waals surface area contributed by atoms with Crippen LogP contribution in [0.15, 0.2) is 10.2 Å². The summed E-state index contributed by atoms with van der Waals surface area (Å²) in [5.41, 5.74) is 0.909. The predicted octanol–water partition coefficient (Wildman–Crippen LogP) is 0.830. The fourth-order valence-electron chi connectivity index (χ4n) is 0.916. The van der Waals surface area contributed by atoms with Crippen molar-refractivity contribution in [1.82, 2.24) is 10.3 Å². The molecule has 0 spiro atoms. The highest BCUT2D eigenvalue weighted by Gasteiger charge is 1.94. The maximum Gasteiger partial charge on any atom is 0.304 e. The molecule has 0 fully saturated rings. The number of hydrogen-bond donors (Lipinski definition) is 2. The smallest absolute Gasteiger partial charge is 0.304 e. The van der Waals surface area contributed by atoms with Gasteiger partial charge in [0, 0.05) is 24.0 Å². The average molecular weight is 197 g/mol. The molecule has 4 nitrogen and oxygen atoms in total. The molecule has 5 heteroatoms. The summed E-state index contributed by atoms with van der Waals surface area (Å²) in [4.78, 5) is 13.4. The molecule has 1 aromatic rings. The molecule has 0 saturated heterocycles. The van der Waals surface area contributed by atoms with Gasteiger partial charge in [-0.2, -0.15) is 5.26 Å². The second kappa shape index (κ2) is 5.51. The molecule has 0 saturated carbocycles. The molecule has 0 aliphatic carbocycles. The van der Waals surface area contributed by atoms with Gasteiger partial charge in [-0.3, -0.25) is 4.79 Å². The summed E-state index contributed by atoms with van der Waals surface area (Å²) in [6.07, 6.45) is 1.43. The van der Waals surface area contributed by atoms with Crippen LogP contribution in [0.2, 0.25) is 0 Å². The fourth-order valence-corrected chi connectivity index (χ4v) is 1.50. The number of aromatic nitrogens is 1. The summed E-state index contributed by atoms with van der Waals surface area (Å²) in [5, 5.41) is 13.2. The van der Waals surface area contributed by atoms with Crippen molar-refractivity contribution in [2.75, 3.05) is 6.54 Å². The number of nitrogens with zero attached hydrogens (tertiary/aromatic N) is 1. The standard InChI is InChI=1S/C8H11N3OS/c9-3-1-2-4-10-5-7-6-13-8(12)11-7/h6,10H,1-2,4-5H2,(H,11,12). The monoisotopic (exact) mass is 197 g/mol. The fraction of sp³-hybridized carbons (Fsp3) is 0.500. The van der Waals surface area contributed by atoms with Crippen molar-refractivity contribution in [3.05, 3.63) is 20.7 Å². The maximum absolute atomic E-state index is 10.7. The second-order valence-electron chi connectivity index (χ2n) is 2.61. The third kappa shape index (κ3) is 3.87. The lowest BCUT2D eigenvalue weighted by Gasteiger charge is -1.99. The third-order valence-corrected chi connectivity index (χ3v) is 2.25. The maximum atomic E-state index is 10.7. The zero-order valence-electron chi connectivity index (χ0n) is 7.17. The molecule has 0 bridgehead atoms. The molecular weight excluding hydrogens is 186 g/mol. The first-order valence-electron chi connectivity index (χ1n) is 4.07. The quantitative estimate of drug-likeness (QED) is 0.687. The van der Waals surface area contributed by atoms with E-state index in [1.54, 1.807) is 5.38 Å². The van der Waals surface area contributed by atoms with Gasteiger partial charge in [-0.05, 0) is 13.0 Å². The molecule has 0 radical (unpaired) electrons. The van der Waals surface area contributed by atoms with E-state index < -0.39 is 0 Å². The molecule has 1 aromatic heterocycles. The van der Waals surface area contributed by atoms with E-state index in [1.807, 2.05) is 0 Å². The van der Waals surface area contributed by atoms with Gasteiger partial charge in [0.2, 0.25) is 0 Å². The van der Waals surface area contributed by atoms with Crippen LogP contribution < -0.4 is 10.2 Å². The Morgan fingerprint density at radius 1 is 1.69 bits per heavy atom. The van der Waals surface area contributed by atoms with Gasteiger partial charge >= 0.3 is 4.87 Å². The topological polar surface area (TPSA) is 68.7 Å². The van der Waals surface area contributed by atoms with Crippen LogP contribution in [0, 0.1) is 11.3 Å². The number of H-pyrrole nitrogens is 1. The summed E-state index contributed by atoms with van der Waals surface area (Å²) in [6, 6.07) is 2.07. The number of nitriles is 1. The van der Waals surface area contributed by atoms with Crippen LogP contribution in [-0.4, -0.2) is 11.5 Å². The second-order valence-corrected chi connectivity index (χ2v) is 3.45. The lowest BCUT2D eigenvalue weighted by molar-refractivity contribution is 0.649. The SMILES string of the molecule is N#CCCCNCc1csc(=O)[nH]1. The Hall–Kier alpha value is -1.12. The first-order valence-corrected chi connectivity index (χ1v) is 4.95. The molecule has 0 aliphatic heterocycles. The van der Waals surface area contributed by atoms with Crippen LogP contribution in [0.4, 0.5) is 0 Å². The summed E-state index contributed by atoms with van der Waals surface area (Å²) in [6.45, 7) is 1.48. The number of nitrogens with one attached hydrogen (secondary N) is 2. The van der Waals surface area contributed by atoms with E-state index in [2.05, 4.69) is 16.4 Å². The van der Waals surface area contributed by atoms with Crippen molar-refractivity contribution in [3.63, 3.8) is 0 Å². The number of aromatic amines is 1. The summed E-state index contributed by atoms with van der Waals surface area (Å²) in [5.74, 6) is 0. The molecule has 0 aliphatic rings. The molecule has 0 amide bonds. The molecule has 13 heavy (non-hydrogen) atoms. The van der Waals surface area contributed by atoms with Crippen LogP contribution in [0.25, 0.3) is 0 Å². The van der Waals surface area contributed by atoms with Gasteiger partial charge in [-0.1, -0.05) is 11.3 Å². The minimum Gasteiger partial charge on any atom is -0.315 e. The van der Waals surface area contributed by atoms with Crippen LogP contribution >= 0.6 is 11.3 Å². The Labute approximate surface area is 80.2 Å². The van der Waals surface area contributed by atoms with E-state index in [0.29, 0.717) is 13.0 Å². The van der Waals surface area contributed by atoms with Gasteiger partial charge in [-0.15, -0.1) is 0 Å². The van der Waals surface area contributed by atoms with E-state index >= 15 is 0 Å². The molecular formula is C8H11N3OS. The Morgan fingerprint density at radius 3 is 3.15 bits per heavy atom. The molecule has 1 heterocycles. The van der Waals surface area contributed by atoms with Gasteiger partial charge in [0.05, 0.1) is 6.07 Å². The van der Waals surface area contributed by atoms with E-state index in [-0.39, 0.29) is 4.87 Å². The Kier molecular flexibility index (Phi) is 4.23. The van der Waals surface area contributed by atoms with Gasteiger partial charge < -0.3 is 10.3 Å². The van der Waals surface area contributed by atoms with Crippen molar-refractivity contribution in [2.24, 2.45) is 0 Å². The van der Waals surface area contributed by atoms with Crippen LogP contribution in [0.1, 0.15) is 18.5 Å². The third-order valence-electron chi connectivity index (χ3n) is 1.53. The van der Waals surface area contributed by atoms with Crippen molar-refractivity contribution >= 4 is 11.3 Å². The van der Waals surface area contributed by atoms with Crippen molar-refractivity contribution < 1.29 is 0 Å². The van der Waals surface area contributed by atoms with Crippen molar-refractivity contribution in [1.29, 1.82) is 5.26 Å². The van der Waals surface area contributed by atoms with E-state index in [9.17, 15) is 4.79 Å². The van der Waals surface area contributed by atoms with E-state index in [0.717, 1.165) is 18.7 Å². The minimum absolute atomic E-state index is 0.0196. The Balaban J connectivity index is 2.14. The molecule has 2 N–H and O–H groups in total. The highest BCUT2D eigenvalue weighted by Crippen LogP contribution is 1.94. The largest absolute Gasteiger partial charge is 0.315 e. The summed E-state index contributed by atoms with van der Waals surface area (Å²) < 4.78 is 0. The number of rotatable bonds is 5. The normalized spacial score (nSPS) is 9.77. The van der Waals surface area contributed by atoms with Crippen LogP contribution in [0.5, 0.6) is 0 Å². The van der Waals surface area contributed by atoms with E-state index in [4.69, 9.17) is 5.26 Å². The van der Waals surface area contributed by atoms with Crippen molar-refractivity contribution in [3.8, 4) is 6.07 Å². The van der Waals surface area contributed by atoms with Crippen LogP contribution in [0.3, 0.4) is 0 Å². The highest BCUT2D eigenvalue weighted by atomic mass is 32.1. The first-order chi connectivity index (χ1) is 6.33. The van der Waals surface area contributed by atoms with Crippen LogP contribution in [-0.2, 0) is 6.54 Å². The summed E-state index contributed by atoms with van der Waals surface area (Å²) in [7, 11) is 0. The molecule has 0 unspecified atom stereocenters. The molecule has 0 aromatic carbocycles. The van der Waals surface area contributed by atoms with Gasteiger partial charge in [-0.25, -0.2) is 0 Å². The zero-order chi connectivity index (χ0) is 9.52. The zero-order valence-corrected chi connectivity index (χ0v) is 7.99. The average Bonchev–Trinajstić information content (AvgIpc) is 2.51. The predicted molar refractivity (Wildman–Crippen MR) is 51.5 cm³/mol.